The van der Waals surface area contributed by atoms with Gasteiger partial charge < -0.3 is 16.0 Å². The molecule has 0 radical (unpaired) electrons. The highest BCUT2D eigenvalue weighted by Gasteiger charge is 2.52. The fourth-order valence-electron chi connectivity index (χ4n) is 6.51. The van der Waals surface area contributed by atoms with Crippen LogP contribution in [0.1, 0.15) is 50.6 Å². The Labute approximate surface area is 144 Å². The first kappa shape index (κ1) is 14.9. The van der Waals surface area contributed by atoms with Gasteiger partial charge in [0.2, 0.25) is 5.95 Å². The predicted octanol–water partition coefficient (Wildman–Crippen LogP) is 2.32. The van der Waals surface area contributed by atoms with Crippen molar-refractivity contribution in [2.24, 2.45) is 17.8 Å². The van der Waals surface area contributed by atoms with Crippen LogP contribution in [-0.4, -0.2) is 36.1 Å². The first-order valence-corrected chi connectivity index (χ1v) is 9.71. The number of aromatic nitrogens is 2. The number of hydrogen-bond acceptors (Lipinski definition) is 5. The zero-order valence-electron chi connectivity index (χ0n) is 14.7. The Kier molecular flexibility index (Phi) is 3.31. The second kappa shape index (κ2) is 5.32. The van der Waals surface area contributed by atoms with Gasteiger partial charge in [-0.05, 0) is 69.7 Å². The summed E-state index contributed by atoms with van der Waals surface area (Å²) in [5, 5.41) is 3.39. The molecule has 4 saturated carbocycles. The van der Waals surface area contributed by atoms with Crippen LogP contribution in [0, 0.1) is 17.8 Å². The largest absolute Gasteiger partial charge is 0.368 e. The van der Waals surface area contributed by atoms with Gasteiger partial charge in [0.05, 0.1) is 5.69 Å². The summed E-state index contributed by atoms with van der Waals surface area (Å²) in [5.41, 5.74) is 7.69. The number of nitrogens with one attached hydrogen (secondary N) is 1. The number of nitrogen functional groups attached to an aromatic ring is 1. The van der Waals surface area contributed by atoms with Crippen molar-refractivity contribution in [2.75, 3.05) is 30.8 Å². The summed E-state index contributed by atoms with van der Waals surface area (Å²) in [6.45, 7) is 2.08. The van der Waals surface area contributed by atoms with Gasteiger partial charge in [0.15, 0.2) is 0 Å². The molecule has 1 aromatic rings. The van der Waals surface area contributed by atoms with Crippen molar-refractivity contribution in [1.29, 1.82) is 0 Å². The minimum absolute atomic E-state index is 0.294. The standard InChI is InChI=1S/C19H29N5/c1-21-15-2-3-24(11-15)17-7-16(22-18(20)23-17)19-8-12-4-13(9-19)6-14(5-12)10-19/h7,12-15,21H,2-6,8-11H2,1H3,(H2,20,22,23)/t12?,13?,14?,15-,19?/m1/s1. The molecule has 0 amide bonds. The Morgan fingerprint density at radius 2 is 1.79 bits per heavy atom. The second-order valence-corrected chi connectivity index (χ2v) is 8.89. The van der Waals surface area contributed by atoms with Crippen LogP contribution >= 0.6 is 0 Å². The lowest BCUT2D eigenvalue weighted by Gasteiger charge is -2.56. The minimum Gasteiger partial charge on any atom is -0.368 e. The van der Waals surface area contributed by atoms with Gasteiger partial charge >= 0.3 is 0 Å². The Balaban J connectivity index is 1.48. The average Bonchev–Trinajstić information content (AvgIpc) is 3.02. The van der Waals surface area contributed by atoms with Crippen LogP contribution in [0.4, 0.5) is 11.8 Å². The van der Waals surface area contributed by atoms with E-state index >= 15 is 0 Å². The molecule has 1 saturated heterocycles. The molecule has 3 N–H and O–H groups in total. The van der Waals surface area contributed by atoms with Crippen LogP contribution in [0.5, 0.6) is 0 Å². The van der Waals surface area contributed by atoms with E-state index in [9.17, 15) is 0 Å². The first-order valence-electron chi connectivity index (χ1n) is 9.71. The van der Waals surface area contributed by atoms with Crippen LogP contribution in [0.15, 0.2) is 6.07 Å². The lowest BCUT2D eigenvalue weighted by atomic mass is 9.49. The summed E-state index contributed by atoms with van der Waals surface area (Å²) in [4.78, 5) is 11.7. The normalized spacial score (nSPS) is 40.5. The maximum Gasteiger partial charge on any atom is 0.222 e. The monoisotopic (exact) mass is 327 g/mol. The van der Waals surface area contributed by atoms with E-state index in [1.165, 1.54) is 50.6 Å². The lowest BCUT2D eigenvalue weighted by Crippen LogP contribution is -2.49. The molecule has 4 bridgehead atoms. The summed E-state index contributed by atoms with van der Waals surface area (Å²) in [7, 11) is 2.05. The van der Waals surface area contributed by atoms with Gasteiger partial charge in [0.1, 0.15) is 5.82 Å². The van der Waals surface area contributed by atoms with Crippen molar-refractivity contribution in [3.05, 3.63) is 11.8 Å². The highest BCUT2D eigenvalue weighted by atomic mass is 15.2. The molecule has 130 valence electrons. The molecule has 1 atom stereocenters. The van der Waals surface area contributed by atoms with Crippen molar-refractivity contribution >= 4 is 11.8 Å². The highest BCUT2D eigenvalue weighted by molar-refractivity contribution is 5.47. The third-order valence-electron chi connectivity index (χ3n) is 7.23. The van der Waals surface area contributed by atoms with E-state index in [1.807, 2.05) is 7.05 Å². The molecule has 1 aromatic heterocycles. The maximum absolute atomic E-state index is 6.15. The fourth-order valence-corrected chi connectivity index (χ4v) is 6.51. The van der Waals surface area contributed by atoms with E-state index in [0.717, 1.165) is 36.7 Å². The first-order chi connectivity index (χ1) is 11.6. The van der Waals surface area contributed by atoms with E-state index < -0.39 is 0 Å². The molecule has 5 nitrogen and oxygen atoms in total. The van der Waals surface area contributed by atoms with Gasteiger partial charge in [-0.25, -0.2) is 4.98 Å². The van der Waals surface area contributed by atoms with Gasteiger partial charge in [0.25, 0.3) is 0 Å². The molecule has 5 heteroatoms. The van der Waals surface area contributed by atoms with E-state index in [1.54, 1.807) is 0 Å². The number of anilines is 2. The molecule has 1 aliphatic heterocycles. The number of hydrogen-bond donors (Lipinski definition) is 2. The van der Waals surface area contributed by atoms with Gasteiger partial charge in [-0.2, -0.15) is 4.98 Å². The molecule has 0 spiro atoms. The molecule has 5 aliphatic rings. The number of likely N-dealkylation sites (N-methyl/N-ethyl adjacent to an activating group) is 1. The zero-order valence-corrected chi connectivity index (χ0v) is 14.7. The van der Waals surface area contributed by atoms with Gasteiger partial charge in [0, 0.05) is 30.6 Å². The molecular weight excluding hydrogens is 298 g/mol. The van der Waals surface area contributed by atoms with E-state index in [-0.39, 0.29) is 0 Å². The van der Waals surface area contributed by atoms with Gasteiger partial charge in [-0.15, -0.1) is 0 Å². The Morgan fingerprint density at radius 1 is 1.12 bits per heavy atom. The van der Waals surface area contributed by atoms with Crippen LogP contribution in [0.25, 0.3) is 0 Å². The van der Waals surface area contributed by atoms with Crippen LogP contribution < -0.4 is 16.0 Å². The van der Waals surface area contributed by atoms with Gasteiger partial charge in [-0.1, -0.05) is 0 Å². The molecule has 24 heavy (non-hydrogen) atoms. The van der Waals surface area contributed by atoms with Crippen molar-refractivity contribution in [3.63, 3.8) is 0 Å². The number of nitrogens with two attached hydrogens (primary N) is 1. The SMILES string of the molecule is CN[C@@H]1CCN(c2cc(C34CC5CC(CC(C5)C3)C4)nc(N)n2)C1. The third-order valence-corrected chi connectivity index (χ3v) is 7.23. The number of nitrogens with zero attached hydrogens (tertiary/aromatic N) is 3. The lowest BCUT2D eigenvalue weighted by molar-refractivity contribution is -0.00717. The maximum atomic E-state index is 6.15. The van der Waals surface area contributed by atoms with Crippen molar-refractivity contribution in [1.82, 2.24) is 15.3 Å². The second-order valence-electron chi connectivity index (χ2n) is 8.89. The molecule has 4 aliphatic carbocycles. The summed E-state index contributed by atoms with van der Waals surface area (Å²) < 4.78 is 0. The van der Waals surface area contributed by atoms with Crippen molar-refractivity contribution in [3.8, 4) is 0 Å². The molecule has 0 aromatic carbocycles. The summed E-state index contributed by atoms with van der Waals surface area (Å²) >= 11 is 0. The summed E-state index contributed by atoms with van der Waals surface area (Å²) in [6, 6.07) is 2.84. The quantitative estimate of drug-likeness (QED) is 0.892. The van der Waals surface area contributed by atoms with E-state index in [2.05, 4.69) is 21.3 Å². The highest BCUT2D eigenvalue weighted by Crippen LogP contribution is 2.60. The molecular formula is C19H29N5. The van der Waals surface area contributed by atoms with Crippen molar-refractivity contribution < 1.29 is 0 Å². The van der Waals surface area contributed by atoms with Crippen LogP contribution in [0.3, 0.4) is 0 Å². The smallest absolute Gasteiger partial charge is 0.222 e. The molecule has 5 fully saturated rings. The molecule has 6 rings (SSSR count). The van der Waals surface area contributed by atoms with Crippen LogP contribution in [0.2, 0.25) is 0 Å². The number of rotatable bonds is 3. The van der Waals surface area contributed by atoms with Crippen molar-refractivity contribution in [2.45, 2.75) is 56.4 Å². The average molecular weight is 327 g/mol. The third kappa shape index (κ3) is 2.32. The summed E-state index contributed by atoms with van der Waals surface area (Å²) in [6.07, 6.45) is 9.54. The molecule has 2 heterocycles. The van der Waals surface area contributed by atoms with Crippen LogP contribution in [-0.2, 0) is 5.41 Å². The minimum atomic E-state index is 0.294. The van der Waals surface area contributed by atoms with E-state index in [4.69, 9.17) is 10.7 Å². The zero-order chi connectivity index (χ0) is 16.3. The fraction of sp³-hybridized carbons (Fsp3) is 0.789. The Morgan fingerprint density at radius 3 is 2.38 bits per heavy atom. The topological polar surface area (TPSA) is 67.1 Å². The Hall–Kier alpha value is -1.36. The van der Waals surface area contributed by atoms with Gasteiger partial charge in [-0.3, -0.25) is 0 Å². The van der Waals surface area contributed by atoms with E-state index in [0.29, 0.717) is 17.4 Å². The predicted molar refractivity (Wildman–Crippen MR) is 96.0 cm³/mol. The Bertz CT molecular complexity index is 607. The molecule has 0 unspecified atom stereocenters. The summed E-state index contributed by atoms with van der Waals surface area (Å²) in [5.74, 6) is 4.29.